The lowest BCUT2D eigenvalue weighted by atomic mass is 9.98. The highest BCUT2D eigenvalue weighted by molar-refractivity contribution is 9.10. The molecule has 1 amide bonds. The molecule has 2 rings (SSSR count). The summed E-state index contributed by atoms with van der Waals surface area (Å²) in [5.74, 6) is 1.66. The van der Waals surface area contributed by atoms with Crippen molar-refractivity contribution in [1.82, 2.24) is 4.90 Å². The van der Waals surface area contributed by atoms with Crippen molar-refractivity contribution in [2.45, 2.75) is 33.1 Å². The lowest BCUT2D eigenvalue weighted by Crippen LogP contribution is -2.37. The summed E-state index contributed by atoms with van der Waals surface area (Å²) in [7, 11) is 0. The van der Waals surface area contributed by atoms with Gasteiger partial charge >= 0.3 is 0 Å². The predicted octanol–water partition coefficient (Wildman–Crippen LogP) is 4.11. The van der Waals surface area contributed by atoms with Gasteiger partial charge in [-0.3, -0.25) is 4.79 Å². The van der Waals surface area contributed by atoms with Gasteiger partial charge in [-0.25, -0.2) is 0 Å². The Labute approximate surface area is 129 Å². The molecule has 1 aliphatic rings. The third-order valence-corrected chi connectivity index (χ3v) is 4.33. The van der Waals surface area contributed by atoms with E-state index in [1.54, 1.807) is 0 Å². The highest BCUT2D eigenvalue weighted by Crippen LogP contribution is 2.27. The first-order chi connectivity index (χ1) is 9.61. The van der Waals surface area contributed by atoms with E-state index in [9.17, 15) is 4.79 Å². The third-order valence-electron chi connectivity index (χ3n) is 3.71. The summed E-state index contributed by atoms with van der Waals surface area (Å²) in [4.78, 5) is 14.4. The number of amides is 1. The van der Waals surface area contributed by atoms with Crippen LogP contribution in [0.3, 0.4) is 0 Å². The summed E-state index contributed by atoms with van der Waals surface area (Å²) in [6.45, 7) is 6.74. The van der Waals surface area contributed by atoms with Crippen LogP contribution in [0.1, 0.15) is 43.5 Å². The second-order valence-corrected chi connectivity index (χ2v) is 6.32. The Kier molecular flexibility index (Phi) is 5.46. The van der Waals surface area contributed by atoms with Gasteiger partial charge in [-0.05, 0) is 59.3 Å². The number of hydrogen-bond donors (Lipinski definition) is 0. The molecule has 0 atom stereocenters. The van der Waals surface area contributed by atoms with Crippen molar-refractivity contribution in [1.29, 1.82) is 0 Å². The fourth-order valence-corrected chi connectivity index (χ4v) is 2.85. The maximum absolute atomic E-state index is 12.4. The zero-order chi connectivity index (χ0) is 14.5. The molecule has 1 heterocycles. The maximum Gasteiger partial charge on any atom is 0.253 e. The van der Waals surface area contributed by atoms with Crippen LogP contribution in [-0.4, -0.2) is 30.5 Å². The fraction of sp³-hybridized carbons (Fsp3) is 0.562. The molecule has 3 nitrogen and oxygen atoms in total. The minimum Gasteiger partial charge on any atom is -0.492 e. The molecule has 0 bridgehead atoms. The predicted molar refractivity (Wildman–Crippen MR) is 84.2 cm³/mol. The lowest BCUT2D eigenvalue weighted by Gasteiger charge is -2.30. The topological polar surface area (TPSA) is 29.5 Å². The second-order valence-electron chi connectivity index (χ2n) is 5.47. The van der Waals surface area contributed by atoms with Crippen LogP contribution in [0.5, 0.6) is 5.75 Å². The van der Waals surface area contributed by atoms with E-state index < -0.39 is 0 Å². The Hall–Kier alpha value is -1.03. The van der Waals surface area contributed by atoms with Crippen LogP contribution in [0.15, 0.2) is 22.7 Å². The molecule has 0 spiro atoms. The highest BCUT2D eigenvalue weighted by Gasteiger charge is 2.21. The molecule has 0 N–H and O–H groups in total. The van der Waals surface area contributed by atoms with Crippen LogP contribution in [0, 0.1) is 5.92 Å². The van der Waals surface area contributed by atoms with E-state index in [1.807, 2.05) is 23.1 Å². The number of hydrogen-bond acceptors (Lipinski definition) is 2. The zero-order valence-corrected chi connectivity index (χ0v) is 13.8. The number of carbonyl (C=O) groups is 1. The average molecular weight is 340 g/mol. The maximum atomic E-state index is 12.4. The first-order valence-electron chi connectivity index (χ1n) is 7.33. The molecule has 20 heavy (non-hydrogen) atoms. The first kappa shape index (κ1) is 15.4. The number of ether oxygens (including phenoxy) is 1. The Morgan fingerprint density at radius 1 is 1.40 bits per heavy atom. The summed E-state index contributed by atoms with van der Waals surface area (Å²) >= 11 is 3.48. The van der Waals surface area contributed by atoms with E-state index in [2.05, 4.69) is 29.8 Å². The number of nitrogens with zero attached hydrogens (tertiary/aromatic N) is 1. The number of halogens is 1. The van der Waals surface area contributed by atoms with Crippen LogP contribution in [0.2, 0.25) is 0 Å². The van der Waals surface area contributed by atoms with E-state index >= 15 is 0 Å². The van der Waals surface area contributed by atoms with Crippen molar-refractivity contribution in [3.05, 3.63) is 28.2 Å². The largest absolute Gasteiger partial charge is 0.492 e. The SMILES string of the molecule is CCCOc1ccc(C(=O)N2CCC(C)CC2)cc1Br. The summed E-state index contributed by atoms with van der Waals surface area (Å²) in [6.07, 6.45) is 3.17. The standard InChI is InChI=1S/C16H22BrNO2/c1-3-10-20-15-5-4-13(11-14(15)17)16(19)18-8-6-12(2)7-9-18/h4-5,11-12H,3,6-10H2,1-2H3. The van der Waals surface area contributed by atoms with Gasteiger partial charge in [0.05, 0.1) is 11.1 Å². The molecule has 1 fully saturated rings. The number of carbonyl (C=O) groups excluding carboxylic acids is 1. The summed E-state index contributed by atoms with van der Waals surface area (Å²) < 4.78 is 6.46. The molecule has 0 aromatic heterocycles. The van der Waals surface area contributed by atoms with Crippen LogP contribution in [0.25, 0.3) is 0 Å². The van der Waals surface area contributed by atoms with Crippen LogP contribution < -0.4 is 4.74 Å². The molecule has 1 aliphatic heterocycles. The molecule has 0 radical (unpaired) electrons. The van der Waals surface area contributed by atoms with Gasteiger partial charge in [0.25, 0.3) is 5.91 Å². The van der Waals surface area contributed by atoms with Gasteiger partial charge in [0.2, 0.25) is 0 Å². The summed E-state index contributed by atoms with van der Waals surface area (Å²) in [6, 6.07) is 5.60. The van der Waals surface area contributed by atoms with Crippen LogP contribution in [-0.2, 0) is 0 Å². The van der Waals surface area contributed by atoms with Gasteiger partial charge in [-0.2, -0.15) is 0 Å². The Morgan fingerprint density at radius 3 is 2.70 bits per heavy atom. The van der Waals surface area contributed by atoms with E-state index in [0.29, 0.717) is 6.61 Å². The summed E-state index contributed by atoms with van der Waals surface area (Å²) in [5.41, 5.74) is 0.732. The number of likely N-dealkylation sites (tertiary alicyclic amines) is 1. The Morgan fingerprint density at radius 2 is 2.10 bits per heavy atom. The second kappa shape index (κ2) is 7.11. The monoisotopic (exact) mass is 339 g/mol. The molecule has 0 saturated carbocycles. The van der Waals surface area contributed by atoms with Gasteiger partial charge in [0, 0.05) is 18.7 Å². The van der Waals surface area contributed by atoms with Gasteiger partial charge in [-0.15, -0.1) is 0 Å². The molecule has 1 saturated heterocycles. The van der Waals surface area contributed by atoms with Crippen molar-refractivity contribution in [3.8, 4) is 5.75 Å². The van der Waals surface area contributed by atoms with E-state index in [-0.39, 0.29) is 5.91 Å². The van der Waals surface area contributed by atoms with Gasteiger partial charge in [0.15, 0.2) is 0 Å². The quantitative estimate of drug-likeness (QED) is 0.826. The summed E-state index contributed by atoms with van der Waals surface area (Å²) in [5, 5.41) is 0. The van der Waals surface area contributed by atoms with Crippen molar-refractivity contribution in [3.63, 3.8) is 0 Å². The Balaban J connectivity index is 2.05. The van der Waals surface area contributed by atoms with Crippen molar-refractivity contribution >= 4 is 21.8 Å². The molecule has 1 aromatic carbocycles. The highest BCUT2D eigenvalue weighted by atomic mass is 79.9. The Bertz CT molecular complexity index is 468. The van der Waals surface area contributed by atoms with Crippen LogP contribution >= 0.6 is 15.9 Å². The average Bonchev–Trinajstić information content (AvgIpc) is 2.46. The molecule has 4 heteroatoms. The molecule has 0 unspecified atom stereocenters. The minimum absolute atomic E-state index is 0.125. The minimum atomic E-state index is 0.125. The van der Waals surface area contributed by atoms with E-state index in [4.69, 9.17) is 4.74 Å². The zero-order valence-electron chi connectivity index (χ0n) is 12.2. The number of benzene rings is 1. The van der Waals surface area contributed by atoms with Gasteiger partial charge in [-0.1, -0.05) is 13.8 Å². The van der Waals surface area contributed by atoms with Crippen LogP contribution in [0.4, 0.5) is 0 Å². The lowest BCUT2D eigenvalue weighted by molar-refractivity contribution is 0.0697. The number of piperidine rings is 1. The normalized spacial score (nSPS) is 16.2. The van der Waals surface area contributed by atoms with Gasteiger partial charge < -0.3 is 9.64 Å². The molecular formula is C16H22BrNO2. The smallest absolute Gasteiger partial charge is 0.253 e. The van der Waals surface area contributed by atoms with E-state index in [1.165, 1.54) is 0 Å². The molecular weight excluding hydrogens is 318 g/mol. The fourth-order valence-electron chi connectivity index (χ4n) is 2.36. The molecule has 1 aromatic rings. The van der Waals surface area contributed by atoms with Crippen molar-refractivity contribution < 1.29 is 9.53 Å². The first-order valence-corrected chi connectivity index (χ1v) is 8.12. The molecule has 110 valence electrons. The van der Waals surface area contributed by atoms with Gasteiger partial charge in [0.1, 0.15) is 5.75 Å². The van der Waals surface area contributed by atoms with Crippen molar-refractivity contribution in [2.75, 3.05) is 19.7 Å². The van der Waals surface area contributed by atoms with Crippen molar-refractivity contribution in [2.24, 2.45) is 5.92 Å². The molecule has 0 aliphatic carbocycles. The number of rotatable bonds is 4. The third kappa shape index (κ3) is 3.75. The van der Waals surface area contributed by atoms with E-state index in [0.717, 1.165) is 54.1 Å².